The first-order valence-electron chi connectivity index (χ1n) is 9.83. The number of carbonyl (C=O) groups excluding carboxylic acids is 1. The maximum atomic E-state index is 13.1. The fourth-order valence-electron chi connectivity index (χ4n) is 3.17. The van der Waals surface area contributed by atoms with Crippen molar-refractivity contribution in [3.05, 3.63) is 30.2 Å². The molecule has 3 rings (SSSR count). The molecule has 1 amide bonds. The standard InChI is InChI=1S/C20H22F3N5O3S2/c1-5-33(30,31)15-7-12(27(3)17(29)6-11(2)32)9-25-18(15)19-26-13-8-16(20(21,22)23)24-10-14(13)28(19)4/h7-11,32H,5-6H2,1-4H3. The van der Waals surface area contributed by atoms with E-state index in [1.807, 2.05) is 0 Å². The molecule has 0 radical (unpaired) electrons. The van der Waals surface area contributed by atoms with E-state index in [2.05, 4.69) is 27.6 Å². The van der Waals surface area contributed by atoms with Gasteiger partial charge in [0.25, 0.3) is 0 Å². The van der Waals surface area contributed by atoms with Gasteiger partial charge in [-0.05, 0) is 12.1 Å². The number of sulfone groups is 1. The molecule has 33 heavy (non-hydrogen) atoms. The number of aromatic nitrogens is 4. The predicted molar refractivity (Wildman–Crippen MR) is 121 cm³/mol. The topological polar surface area (TPSA) is 98.1 Å². The maximum absolute atomic E-state index is 13.1. The second-order valence-corrected chi connectivity index (χ2v) is 10.6. The van der Waals surface area contributed by atoms with Gasteiger partial charge in [0.1, 0.15) is 11.4 Å². The van der Waals surface area contributed by atoms with Crippen LogP contribution in [0, 0.1) is 0 Å². The second-order valence-electron chi connectivity index (χ2n) is 7.50. The number of amides is 1. The van der Waals surface area contributed by atoms with Gasteiger partial charge in [0.05, 0.1) is 39.8 Å². The molecule has 0 saturated heterocycles. The summed E-state index contributed by atoms with van der Waals surface area (Å²) in [6.07, 6.45) is -2.16. The van der Waals surface area contributed by atoms with E-state index in [1.54, 1.807) is 6.92 Å². The molecule has 1 atom stereocenters. The fourth-order valence-corrected chi connectivity index (χ4v) is 4.37. The van der Waals surface area contributed by atoms with Crippen molar-refractivity contribution in [1.82, 2.24) is 19.5 Å². The molecule has 0 aliphatic rings. The van der Waals surface area contributed by atoms with Crippen LogP contribution in [0.15, 0.2) is 29.4 Å². The van der Waals surface area contributed by atoms with Crippen LogP contribution in [-0.4, -0.2) is 51.9 Å². The van der Waals surface area contributed by atoms with Gasteiger partial charge in [-0.3, -0.25) is 4.79 Å². The Morgan fingerprint density at radius 3 is 2.48 bits per heavy atom. The average Bonchev–Trinajstić information content (AvgIpc) is 3.07. The molecule has 0 aliphatic heterocycles. The number of pyridine rings is 2. The minimum absolute atomic E-state index is 0.00406. The molecule has 0 aliphatic carbocycles. The number of rotatable bonds is 6. The molecular weight excluding hydrogens is 479 g/mol. The second kappa shape index (κ2) is 8.93. The van der Waals surface area contributed by atoms with Gasteiger partial charge in [-0.1, -0.05) is 13.8 Å². The Kier molecular flexibility index (Phi) is 6.76. The van der Waals surface area contributed by atoms with Crippen molar-refractivity contribution in [3.63, 3.8) is 0 Å². The highest BCUT2D eigenvalue weighted by atomic mass is 32.2. The normalized spacial score (nSPS) is 13.3. The summed E-state index contributed by atoms with van der Waals surface area (Å²) < 4.78 is 66.3. The number of nitrogens with zero attached hydrogens (tertiary/aromatic N) is 5. The van der Waals surface area contributed by atoms with Crippen LogP contribution in [0.1, 0.15) is 26.0 Å². The Labute approximate surface area is 194 Å². The minimum Gasteiger partial charge on any atom is -0.324 e. The number of carbonyl (C=O) groups is 1. The Hall–Kier alpha value is -2.67. The van der Waals surface area contributed by atoms with Gasteiger partial charge in [0, 0.05) is 25.8 Å². The van der Waals surface area contributed by atoms with Crippen LogP contribution in [-0.2, 0) is 27.9 Å². The highest BCUT2D eigenvalue weighted by Crippen LogP contribution is 2.33. The molecule has 3 aromatic heterocycles. The number of aryl methyl sites for hydroxylation is 1. The molecule has 0 bridgehead atoms. The number of thiol groups is 1. The highest BCUT2D eigenvalue weighted by Gasteiger charge is 2.33. The van der Waals surface area contributed by atoms with Crippen LogP contribution in [0.25, 0.3) is 22.6 Å². The number of hydrogen-bond donors (Lipinski definition) is 1. The molecule has 0 spiro atoms. The summed E-state index contributed by atoms with van der Waals surface area (Å²) in [4.78, 5) is 25.4. The zero-order valence-corrected chi connectivity index (χ0v) is 20.0. The minimum atomic E-state index is -4.65. The zero-order chi connectivity index (χ0) is 24.7. The highest BCUT2D eigenvalue weighted by molar-refractivity contribution is 7.91. The van der Waals surface area contributed by atoms with Gasteiger partial charge < -0.3 is 9.47 Å². The lowest BCUT2D eigenvalue weighted by Crippen LogP contribution is -2.28. The summed E-state index contributed by atoms with van der Waals surface area (Å²) in [5, 5.41) is -0.193. The molecule has 13 heteroatoms. The van der Waals surface area contributed by atoms with Crippen LogP contribution in [0.4, 0.5) is 18.9 Å². The van der Waals surface area contributed by atoms with Crippen molar-refractivity contribution < 1.29 is 26.4 Å². The first kappa shape index (κ1) is 25.0. The smallest absolute Gasteiger partial charge is 0.324 e. The number of anilines is 1. The Morgan fingerprint density at radius 2 is 1.91 bits per heavy atom. The number of alkyl halides is 3. The van der Waals surface area contributed by atoms with Crippen molar-refractivity contribution in [2.45, 2.75) is 36.6 Å². The Morgan fingerprint density at radius 1 is 1.24 bits per heavy atom. The van der Waals surface area contributed by atoms with Gasteiger partial charge in [-0.25, -0.2) is 23.4 Å². The van der Waals surface area contributed by atoms with Crippen molar-refractivity contribution in [1.29, 1.82) is 0 Å². The molecule has 1 unspecified atom stereocenters. The number of hydrogen-bond acceptors (Lipinski definition) is 7. The summed E-state index contributed by atoms with van der Waals surface area (Å²) >= 11 is 4.20. The van der Waals surface area contributed by atoms with E-state index in [4.69, 9.17) is 0 Å². The van der Waals surface area contributed by atoms with Crippen LogP contribution >= 0.6 is 12.6 Å². The van der Waals surface area contributed by atoms with Crippen molar-refractivity contribution in [3.8, 4) is 11.5 Å². The largest absolute Gasteiger partial charge is 0.433 e. The zero-order valence-electron chi connectivity index (χ0n) is 18.3. The molecule has 0 N–H and O–H groups in total. The summed E-state index contributed by atoms with van der Waals surface area (Å²) in [6, 6.07) is 2.12. The summed E-state index contributed by atoms with van der Waals surface area (Å²) in [5.74, 6) is -0.469. The van der Waals surface area contributed by atoms with E-state index < -0.39 is 21.7 Å². The molecule has 0 aromatic carbocycles. The van der Waals surface area contributed by atoms with Gasteiger partial charge in [-0.2, -0.15) is 25.8 Å². The summed E-state index contributed by atoms with van der Waals surface area (Å²) in [7, 11) is -0.806. The van der Waals surface area contributed by atoms with Crippen LogP contribution < -0.4 is 4.90 Å². The van der Waals surface area contributed by atoms with Gasteiger partial charge in [-0.15, -0.1) is 0 Å². The first-order chi connectivity index (χ1) is 15.3. The third kappa shape index (κ3) is 4.98. The van der Waals surface area contributed by atoms with Crippen molar-refractivity contribution in [2.75, 3.05) is 17.7 Å². The van der Waals surface area contributed by atoms with E-state index in [-0.39, 0.29) is 56.5 Å². The van der Waals surface area contributed by atoms with E-state index in [9.17, 15) is 26.4 Å². The first-order valence-corrected chi connectivity index (χ1v) is 12.0. The molecular formula is C20H22F3N5O3S2. The average molecular weight is 502 g/mol. The van der Waals surface area contributed by atoms with Crippen LogP contribution in [0.2, 0.25) is 0 Å². The molecule has 3 aromatic rings. The van der Waals surface area contributed by atoms with Crippen LogP contribution in [0.3, 0.4) is 0 Å². The predicted octanol–water partition coefficient (Wildman–Crippen LogP) is 3.51. The fraction of sp³-hybridized carbons (Fsp3) is 0.400. The summed E-state index contributed by atoms with van der Waals surface area (Å²) in [6.45, 7) is 3.21. The molecule has 8 nitrogen and oxygen atoms in total. The SMILES string of the molecule is CCS(=O)(=O)c1cc(N(C)C(=O)CC(C)S)cnc1-c1nc2cc(C(F)(F)F)ncc2n1C. The van der Waals surface area contributed by atoms with Crippen molar-refractivity contribution >= 4 is 45.1 Å². The van der Waals surface area contributed by atoms with Gasteiger partial charge in [0.15, 0.2) is 15.7 Å². The van der Waals surface area contributed by atoms with Crippen LogP contribution in [0.5, 0.6) is 0 Å². The van der Waals surface area contributed by atoms with E-state index in [1.165, 1.54) is 42.7 Å². The maximum Gasteiger partial charge on any atom is 0.433 e. The third-order valence-corrected chi connectivity index (χ3v) is 6.98. The summed E-state index contributed by atoms with van der Waals surface area (Å²) in [5.41, 5.74) is -0.613. The monoisotopic (exact) mass is 501 g/mol. The third-order valence-electron chi connectivity index (χ3n) is 5.05. The molecule has 3 heterocycles. The lowest BCUT2D eigenvalue weighted by molar-refractivity contribution is -0.141. The van der Waals surface area contributed by atoms with E-state index in [0.717, 1.165) is 12.3 Å². The Balaban J connectivity index is 2.19. The number of halogens is 3. The quantitative estimate of drug-likeness (QED) is 0.519. The molecule has 178 valence electrons. The van der Waals surface area contributed by atoms with E-state index in [0.29, 0.717) is 0 Å². The van der Waals surface area contributed by atoms with E-state index >= 15 is 0 Å². The molecule has 0 saturated carbocycles. The van der Waals surface area contributed by atoms with Gasteiger partial charge >= 0.3 is 6.18 Å². The molecule has 0 fully saturated rings. The lowest BCUT2D eigenvalue weighted by Gasteiger charge is -2.19. The number of imidazole rings is 1. The Bertz CT molecular complexity index is 1320. The lowest BCUT2D eigenvalue weighted by atomic mass is 10.2. The number of fused-ring (bicyclic) bond motifs is 1. The van der Waals surface area contributed by atoms with Gasteiger partial charge in [0.2, 0.25) is 5.91 Å². The van der Waals surface area contributed by atoms with Crippen molar-refractivity contribution in [2.24, 2.45) is 7.05 Å².